The largest absolute Gasteiger partial charge is 0.436 e. The number of fused-ring (bicyclic) bond motifs is 1. The van der Waals surface area contributed by atoms with Crippen LogP contribution in [0.15, 0.2) is 75.6 Å². The Bertz CT molecular complexity index is 1120. The first-order valence-electron chi connectivity index (χ1n) is 7.82. The van der Waals surface area contributed by atoms with E-state index in [0.717, 1.165) is 4.47 Å². The van der Waals surface area contributed by atoms with Crippen molar-refractivity contribution >= 4 is 38.6 Å². The summed E-state index contributed by atoms with van der Waals surface area (Å²) in [6.45, 7) is 0. The minimum atomic E-state index is -0.401. The average Bonchev–Trinajstić information content (AvgIpc) is 3.05. The molecular weight excluding hydrogens is 399 g/mol. The van der Waals surface area contributed by atoms with Gasteiger partial charge in [0.05, 0.1) is 5.56 Å². The van der Waals surface area contributed by atoms with E-state index in [1.807, 2.05) is 6.07 Å². The lowest BCUT2D eigenvalue weighted by Crippen LogP contribution is -2.11. The van der Waals surface area contributed by atoms with Crippen LogP contribution >= 0.6 is 15.9 Å². The topological polar surface area (TPSA) is 55.1 Å². The third-order valence-corrected chi connectivity index (χ3v) is 4.33. The predicted molar refractivity (Wildman–Crippen MR) is 101 cm³/mol. The van der Waals surface area contributed by atoms with Crippen LogP contribution in [0.25, 0.3) is 22.6 Å². The number of amides is 1. The number of rotatable bonds is 3. The van der Waals surface area contributed by atoms with Crippen molar-refractivity contribution in [2.45, 2.75) is 0 Å². The molecule has 0 saturated heterocycles. The number of nitrogens with one attached hydrogen (secondary N) is 1. The second-order valence-electron chi connectivity index (χ2n) is 5.65. The highest BCUT2D eigenvalue weighted by atomic mass is 79.9. The molecule has 4 aromatic rings. The summed E-state index contributed by atoms with van der Waals surface area (Å²) in [7, 11) is 0. The number of aromatic nitrogens is 1. The lowest BCUT2D eigenvalue weighted by molar-refractivity contribution is 0.102. The zero-order valence-electron chi connectivity index (χ0n) is 13.4. The minimum Gasteiger partial charge on any atom is -0.436 e. The molecule has 0 radical (unpaired) electrons. The van der Waals surface area contributed by atoms with Gasteiger partial charge >= 0.3 is 0 Å². The van der Waals surface area contributed by atoms with Gasteiger partial charge < -0.3 is 9.73 Å². The fourth-order valence-corrected chi connectivity index (χ4v) is 2.99. The fraction of sp³-hybridized carbons (Fsp3) is 0. The van der Waals surface area contributed by atoms with Gasteiger partial charge in [-0.15, -0.1) is 0 Å². The predicted octanol–water partition coefficient (Wildman–Crippen LogP) is 5.65. The van der Waals surface area contributed by atoms with Crippen molar-refractivity contribution in [2.24, 2.45) is 0 Å². The summed E-state index contributed by atoms with van der Waals surface area (Å²) in [6.07, 6.45) is 0. The number of carbonyl (C=O) groups is 1. The van der Waals surface area contributed by atoms with Gasteiger partial charge in [0, 0.05) is 15.7 Å². The van der Waals surface area contributed by atoms with Gasteiger partial charge in [0.1, 0.15) is 11.3 Å². The van der Waals surface area contributed by atoms with E-state index in [1.165, 1.54) is 6.07 Å². The number of halogens is 2. The Morgan fingerprint density at radius 1 is 1.04 bits per heavy atom. The molecule has 0 atom stereocenters. The van der Waals surface area contributed by atoms with Crippen molar-refractivity contribution in [3.05, 3.63) is 82.6 Å². The zero-order chi connectivity index (χ0) is 18.1. The number of carbonyl (C=O) groups excluding carboxylic acids is 1. The molecule has 0 spiro atoms. The molecule has 1 heterocycles. The Labute approximate surface area is 156 Å². The first-order chi connectivity index (χ1) is 12.6. The van der Waals surface area contributed by atoms with Crippen molar-refractivity contribution in [1.29, 1.82) is 0 Å². The van der Waals surface area contributed by atoms with Crippen LogP contribution in [-0.4, -0.2) is 10.9 Å². The molecule has 0 bridgehead atoms. The van der Waals surface area contributed by atoms with Crippen LogP contribution in [-0.2, 0) is 0 Å². The molecule has 1 amide bonds. The molecule has 0 aliphatic heterocycles. The molecule has 1 aromatic heterocycles. The van der Waals surface area contributed by atoms with Crippen LogP contribution in [0.5, 0.6) is 0 Å². The van der Waals surface area contributed by atoms with E-state index >= 15 is 0 Å². The second-order valence-corrected chi connectivity index (χ2v) is 6.56. The maximum Gasteiger partial charge on any atom is 0.255 e. The van der Waals surface area contributed by atoms with Crippen LogP contribution in [0.2, 0.25) is 0 Å². The molecular formula is C20H12BrFN2O2. The molecule has 1 N–H and O–H groups in total. The van der Waals surface area contributed by atoms with Gasteiger partial charge in [-0.1, -0.05) is 34.1 Å². The van der Waals surface area contributed by atoms with E-state index in [1.54, 1.807) is 54.6 Å². The summed E-state index contributed by atoms with van der Waals surface area (Å²) in [5.41, 5.74) is 2.46. The molecule has 128 valence electrons. The molecule has 0 aliphatic carbocycles. The molecule has 0 saturated carbocycles. The Kier molecular flexibility index (Phi) is 4.26. The van der Waals surface area contributed by atoms with Crippen LogP contribution in [0.4, 0.5) is 10.1 Å². The van der Waals surface area contributed by atoms with Crippen molar-refractivity contribution in [1.82, 2.24) is 4.98 Å². The Hall–Kier alpha value is -2.99. The van der Waals surface area contributed by atoms with Gasteiger partial charge in [0.15, 0.2) is 5.58 Å². The quantitative estimate of drug-likeness (QED) is 0.474. The van der Waals surface area contributed by atoms with E-state index in [9.17, 15) is 9.18 Å². The summed E-state index contributed by atoms with van der Waals surface area (Å²) in [5, 5.41) is 2.82. The lowest BCUT2D eigenvalue weighted by Gasteiger charge is -2.05. The molecule has 4 rings (SSSR count). The number of nitrogens with zero attached hydrogens (tertiary/aromatic N) is 1. The van der Waals surface area contributed by atoms with Crippen molar-refractivity contribution in [2.75, 3.05) is 5.32 Å². The molecule has 26 heavy (non-hydrogen) atoms. The average molecular weight is 411 g/mol. The van der Waals surface area contributed by atoms with Gasteiger partial charge in [0.2, 0.25) is 5.89 Å². The Balaban J connectivity index is 1.64. The SMILES string of the molecule is O=C(Nc1ccc2oc(-c3ccccc3F)nc2c1)c1cccc(Br)c1. The fourth-order valence-electron chi connectivity index (χ4n) is 2.59. The highest BCUT2D eigenvalue weighted by molar-refractivity contribution is 9.10. The Morgan fingerprint density at radius 2 is 1.88 bits per heavy atom. The van der Waals surface area contributed by atoms with Gasteiger partial charge in [-0.25, -0.2) is 9.37 Å². The molecule has 4 nitrogen and oxygen atoms in total. The van der Waals surface area contributed by atoms with E-state index < -0.39 is 5.82 Å². The van der Waals surface area contributed by atoms with Gasteiger partial charge in [-0.3, -0.25) is 4.79 Å². The molecule has 3 aromatic carbocycles. The van der Waals surface area contributed by atoms with Crippen molar-refractivity contribution < 1.29 is 13.6 Å². The number of oxazole rings is 1. The Morgan fingerprint density at radius 3 is 2.69 bits per heavy atom. The van der Waals surface area contributed by atoms with Crippen LogP contribution < -0.4 is 5.32 Å². The summed E-state index contributed by atoms with van der Waals surface area (Å²) in [4.78, 5) is 16.7. The van der Waals surface area contributed by atoms with Gasteiger partial charge in [-0.2, -0.15) is 0 Å². The summed E-state index contributed by atoms with van der Waals surface area (Å²) < 4.78 is 20.4. The number of hydrogen-bond donors (Lipinski definition) is 1. The van der Waals surface area contributed by atoms with Gasteiger partial charge in [0.25, 0.3) is 5.91 Å². The van der Waals surface area contributed by atoms with E-state index in [-0.39, 0.29) is 11.8 Å². The van der Waals surface area contributed by atoms with Gasteiger partial charge in [-0.05, 0) is 48.5 Å². The number of benzene rings is 3. The number of anilines is 1. The van der Waals surface area contributed by atoms with Crippen molar-refractivity contribution in [3.63, 3.8) is 0 Å². The maximum absolute atomic E-state index is 13.9. The van der Waals surface area contributed by atoms with Crippen LogP contribution in [0, 0.1) is 5.82 Å². The van der Waals surface area contributed by atoms with Crippen LogP contribution in [0.1, 0.15) is 10.4 Å². The third kappa shape index (κ3) is 3.23. The molecule has 6 heteroatoms. The lowest BCUT2D eigenvalue weighted by atomic mass is 10.2. The van der Waals surface area contributed by atoms with E-state index in [0.29, 0.717) is 27.9 Å². The van der Waals surface area contributed by atoms with Crippen molar-refractivity contribution in [3.8, 4) is 11.5 Å². The van der Waals surface area contributed by atoms with E-state index in [4.69, 9.17) is 4.42 Å². The zero-order valence-corrected chi connectivity index (χ0v) is 15.0. The molecule has 0 unspecified atom stereocenters. The highest BCUT2D eigenvalue weighted by Gasteiger charge is 2.13. The minimum absolute atomic E-state index is 0.202. The summed E-state index contributed by atoms with van der Waals surface area (Å²) >= 11 is 3.35. The maximum atomic E-state index is 13.9. The smallest absolute Gasteiger partial charge is 0.255 e. The molecule has 0 fully saturated rings. The first kappa shape index (κ1) is 16.5. The monoisotopic (exact) mass is 410 g/mol. The summed E-state index contributed by atoms with van der Waals surface area (Å²) in [6, 6.07) is 18.5. The normalized spacial score (nSPS) is 10.8. The third-order valence-electron chi connectivity index (χ3n) is 3.84. The standard InChI is InChI=1S/C20H12BrFN2O2/c21-13-5-3-4-12(10-13)19(25)23-14-8-9-18-17(11-14)24-20(26-18)15-6-1-2-7-16(15)22/h1-11H,(H,23,25). The van der Waals surface area contributed by atoms with Crippen LogP contribution in [0.3, 0.4) is 0 Å². The first-order valence-corrected chi connectivity index (χ1v) is 8.62. The number of hydrogen-bond acceptors (Lipinski definition) is 3. The highest BCUT2D eigenvalue weighted by Crippen LogP contribution is 2.28. The summed E-state index contributed by atoms with van der Waals surface area (Å²) in [5.74, 6) is -0.431. The van der Waals surface area contributed by atoms with E-state index in [2.05, 4.69) is 26.2 Å². The second kappa shape index (κ2) is 6.72. The molecule has 0 aliphatic rings.